The Hall–Kier alpha value is -3.21. The van der Waals surface area contributed by atoms with Crippen LogP contribution in [-0.2, 0) is 4.74 Å². The first-order valence-electron chi connectivity index (χ1n) is 11.5. The standard InChI is InChI=1S/C26H28BrN3O6/c1-34-21-13-16-12-19(25(32)30-8-6-29(7-9-30)10-11-31)24(26(33)36-3)23(18(16)14-22(21)35-2)17-4-5-28-15-20(17)27/h4-5,12-15,31H,6-11H2,1-3H3. The minimum Gasteiger partial charge on any atom is -0.493 e. The highest BCUT2D eigenvalue weighted by atomic mass is 79.9. The van der Waals surface area contributed by atoms with Gasteiger partial charge in [-0.1, -0.05) is 0 Å². The van der Waals surface area contributed by atoms with Crippen LogP contribution in [0.2, 0.25) is 0 Å². The van der Waals surface area contributed by atoms with Crippen LogP contribution in [-0.4, -0.2) is 92.4 Å². The van der Waals surface area contributed by atoms with Gasteiger partial charge in [0.2, 0.25) is 0 Å². The number of esters is 1. The number of rotatable bonds is 7. The number of hydrogen-bond acceptors (Lipinski definition) is 8. The van der Waals surface area contributed by atoms with E-state index in [1.165, 1.54) is 7.11 Å². The average Bonchev–Trinajstić information content (AvgIpc) is 2.91. The molecule has 1 aliphatic rings. The molecule has 0 aliphatic carbocycles. The largest absolute Gasteiger partial charge is 0.493 e. The van der Waals surface area contributed by atoms with E-state index in [9.17, 15) is 14.7 Å². The van der Waals surface area contributed by atoms with Gasteiger partial charge < -0.3 is 24.2 Å². The Kier molecular flexibility index (Phi) is 8.07. The van der Waals surface area contributed by atoms with E-state index in [4.69, 9.17) is 14.2 Å². The quantitative estimate of drug-likeness (QED) is 0.442. The Morgan fingerprint density at radius 3 is 2.36 bits per heavy atom. The molecule has 0 spiro atoms. The molecule has 1 amide bonds. The molecule has 9 nitrogen and oxygen atoms in total. The van der Waals surface area contributed by atoms with Crippen LogP contribution >= 0.6 is 15.9 Å². The number of pyridine rings is 1. The number of aliphatic hydroxyl groups is 1. The molecule has 1 fully saturated rings. The van der Waals surface area contributed by atoms with Crippen molar-refractivity contribution in [2.75, 3.05) is 60.7 Å². The fraction of sp³-hybridized carbons (Fsp3) is 0.346. The number of carbonyl (C=O) groups is 2. The first-order chi connectivity index (χ1) is 17.4. The second-order valence-electron chi connectivity index (χ2n) is 8.31. The number of fused-ring (bicyclic) bond motifs is 1. The zero-order valence-electron chi connectivity index (χ0n) is 20.4. The molecule has 0 saturated carbocycles. The topological polar surface area (TPSA) is 101 Å². The third-order valence-corrected chi connectivity index (χ3v) is 7.01. The van der Waals surface area contributed by atoms with Crippen molar-refractivity contribution in [2.45, 2.75) is 0 Å². The average molecular weight is 558 g/mol. The van der Waals surface area contributed by atoms with Crippen molar-refractivity contribution in [3.05, 3.63) is 52.3 Å². The smallest absolute Gasteiger partial charge is 0.339 e. The summed E-state index contributed by atoms with van der Waals surface area (Å²) in [6, 6.07) is 7.09. The summed E-state index contributed by atoms with van der Waals surface area (Å²) in [6.45, 7) is 2.88. The molecule has 2 aromatic carbocycles. The molecule has 0 radical (unpaired) electrons. The molecule has 3 aromatic rings. The van der Waals surface area contributed by atoms with Crippen molar-refractivity contribution >= 4 is 38.6 Å². The second kappa shape index (κ2) is 11.2. The molecule has 190 valence electrons. The van der Waals surface area contributed by atoms with Crippen molar-refractivity contribution in [3.8, 4) is 22.6 Å². The minimum absolute atomic E-state index is 0.0700. The van der Waals surface area contributed by atoms with Crippen LogP contribution in [0.4, 0.5) is 0 Å². The van der Waals surface area contributed by atoms with Gasteiger partial charge >= 0.3 is 5.97 Å². The Balaban J connectivity index is 1.98. The molecule has 0 unspecified atom stereocenters. The highest BCUT2D eigenvalue weighted by Gasteiger charge is 2.30. The Labute approximate surface area is 217 Å². The zero-order valence-corrected chi connectivity index (χ0v) is 22.0. The van der Waals surface area contributed by atoms with Gasteiger partial charge in [0.25, 0.3) is 5.91 Å². The van der Waals surface area contributed by atoms with E-state index in [0.717, 1.165) is 0 Å². The van der Waals surface area contributed by atoms with Crippen molar-refractivity contribution in [1.82, 2.24) is 14.8 Å². The van der Waals surface area contributed by atoms with Crippen molar-refractivity contribution in [3.63, 3.8) is 0 Å². The van der Waals surface area contributed by atoms with E-state index < -0.39 is 5.97 Å². The second-order valence-corrected chi connectivity index (χ2v) is 9.16. The van der Waals surface area contributed by atoms with Gasteiger partial charge in [-0.05, 0) is 51.0 Å². The van der Waals surface area contributed by atoms with E-state index in [-0.39, 0.29) is 23.6 Å². The van der Waals surface area contributed by atoms with E-state index in [1.807, 2.05) is 0 Å². The number of ether oxygens (including phenoxy) is 3. The molecule has 1 saturated heterocycles. The molecule has 1 aromatic heterocycles. The maximum Gasteiger partial charge on any atom is 0.339 e. The lowest BCUT2D eigenvalue weighted by Gasteiger charge is -2.34. The summed E-state index contributed by atoms with van der Waals surface area (Å²) in [7, 11) is 4.39. The number of piperazine rings is 1. The van der Waals surface area contributed by atoms with Crippen LogP contribution in [0.5, 0.6) is 11.5 Å². The minimum atomic E-state index is -0.618. The fourth-order valence-electron chi connectivity index (χ4n) is 4.55. The van der Waals surface area contributed by atoms with Gasteiger partial charge in [-0.15, -0.1) is 0 Å². The summed E-state index contributed by atoms with van der Waals surface area (Å²) in [6.07, 6.45) is 3.26. The third kappa shape index (κ3) is 4.88. The fourth-order valence-corrected chi connectivity index (χ4v) is 5.00. The van der Waals surface area contributed by atoms with Crippen LogP contribution in [0.15, 0.2) is 41.1 Å². The number of aliphatic hydroxyl groups excluding tert-OH is 1. The van der Waals surface area contributed by atoms with Gasteiger partial charge in [0, 0.05) is 60.7 Å². The highest BCUT2D eigenvalue weighted by molar-refractivity contribution is 9.10. The Morgan fingerprint density at radius 1 is 1.06 bits per heavy atom. The van der Waals surface area contributed by atoms with E-state index >= 15 is 0 Å². The van der Waals surface area contributed by atoms with E-state index in [0.29, 0.717) is 70.6 Å². The van der Waals surface area contributed by atoms with Gasteiger partial charge in [0.15, 0.2) is 11.5 Å². The van der Waals surface area contributed by atoms with Gasteiger partial charge in [-0.2, -0.15) is 0 Å². The van der Waals surface area contributed by atoms with Crippen LogP contribution in [0.25, 0.3) is 21.9 Å². The number of methoxy groups -OCH3 is 3. The lowest BCUT2D eigenvalue weighted by molar-refractivity contribution is 0.0567. The van der Waals surface area contributed by atoms with Gasteiger partial charge in [-0.3, -0.25) is 14.7 Å². The molecule has 10 heteroatoms. The molecular formula is C26H28BrN3O6. The monoisotopic (exact) mass is 557 g/mol. The molecule has 36 heavy (non-hydrogen) atoms. The summed E-state index contributed by atoms with van der Waals surface area (Å²) in [5.41, 5.74) is 1.64. The number of hydrogen-bond donors (Lipinski definition) is 1. The van der Waals surface area contributed by atoms with Gasteiger partial charge in [0.05, 0.1) is 39.1 Å². The molecule has 0 atom stereocenters. The number of amides is 1. The SMILES string of the molecule is COC(=O)c1c(C(=O)N2CCN(CCO)CC2)cc2cc(OC)c(OC)cc2c1-c1ccncc1Br. The molecule has 2 heterocycles. The summed E-state index contributed by atoms with van der Waals surface area (Å²) in [5.74, 6) is 0.118. The van der Waals surface area contributed by atoms with Crippen molar-refractivity contribution < 1.29 is 28.9 Å². The molecule has 1 aliphatic heterocycles. The maximum absolute atomic E-state index is 13.9. The summed E-state index contributed by atoms with van der Waals surface area (Å²) >= 11 is 3.56. The van der Waals surface area contributed by atoms with Crippen molar-refractivity contribution in [1.29, 1.82) is 0 Å². The Bertz CT molecular complexity index is 1290. The van der Waals surface area contributed by atoms with Crippen molar-refractivity contribution in [2.24, 2.45) is 0 Å². The van der Waals surface area contributed by atoms with Crippen LogP contribution in [0.3, 0.4) is 0 Å². The molecular weight excluding hydrogens is 530 g/mol. The van der Waals surface area contributed by atoms with E-state index in [2.05, 4.69) is 25.8 Å². The molecule has 0 bridgehead atoms. The van der Waals surface area contributed by atoms with E-state index in [1.54, 1.807) is 55.8 Å². The predicted octanol–water partition coefficient (Wildman–Crippen LogP) is 3.22. The number of halogens is 1. The summed E-state index contributed by atoms with van der Waals surface area (Å²) in [4.78, 5) is 35.1. The van der Waals surface area contributed by atoms with Crippen LogP contribution < -0.4 is 9.47 Å². The molecule has 4 rings (SSSR count). The third-order valence-electron chi connectivity index (χ3n) is 6.38. The lowest BCUT2D eigenvalue weighted by atomic mass is 9.89. The number of benzene rings is 2. The number of carbonyl (C=O) groups excluding carboxylic acids is 2. The number of aromatic nitrogens is 1. The zero-order chi connectivity index (χ0) is 25.8. The normalized spacial score (nSPS) is 14.1. The predicted molar refractivity (Wildman–Crippen MR) is 139 cm³/mol. The summed E-state index contributed by atoms with van der Waals surface area (Å²) in [5, 5.41) is 10.6. The first kappa shape index (κ1) is 25.9. The maximum atomic E-state index is 13.9. The molecule has 1 N–H and O–H groups in total. The van der Waals surface area contributed by atoms with Crippen LogP contribution in [0, 0.1) is 0 Å². The summed E-state index contributed by atoms with van der Waals surface area (Å²) < 4.78 is 16.9. The van der Waals surface area contributed by atoms with Gasteiger partial charge in [0.1, 0.15) is 0 Å². The lowest BCUT2D eigenvalue weighted by Crippen LogP contribution is -2.49. The van der Waals surface area contributed by atoms with Gasteiger partial charge in [-0.25, -0.2) is 4.79 Å². The van der Waals surface area contributed by atoms with Crippen LogP contribution in [0.1, 0.15) is 20.7 Å². The first-order valence-corrected chi connectivity index (χ1v) is 12.3. The highest BCUT2D eigenvalue weighted by Crippen LogP contribution is 2.42. The number of β-amino-alcohol motifs (C(OH)–C–C–N with tert-alkyl or cyclic N) is 1. The Morgan fingerprint density at radius 2 is 1.75 bits per heavy atom. The number of nitrogens with zero attached hydrogens (tertiary/aromatic N) is 3.